The van der Waals surface area contributed by atoms with E-state index < -0.39 is 33.8 Å². The standard InChI is InChI=1S/C20H16F4N6O2/c1-19(2,3)29-18(27-16-6-4-5-15(26-16)20(22,23)24)12(10-25)17(28-29)11-7-8-14(30(31)32)13(21)9-11/h4-9H,1-3H3,(H,26,27). The van der Waals surface area contributed by atoms with Crippen molar-refractivity contribution in [1.29, 1.82) is 5.26 Å². The number of rotatable bonds is 4. The Labute approximate surface area is 179 Å². The number of nitriles is 1. The second-order valence-corrected chi connectivity index (χ2v) is 7.72. The summed E-state index contributed by atoms with van der Waals surface area (Å²) in [6, 6.07) is 8.25. The van der Waals surface area contributed by atoms with Gasteiger partial charge in [0.1, 0.15) is 34.7 Å². The number of nitrogens with one attached hydrogen (secondary N) is 1. The number of halogens is 4. The average Bonchev–Trinajstić information content (AvgIpc) is 3.05. The summed E-state index contributed by atoms with van der Waals surface area (Å²) in [6.07, 6.45) is -4.67. The predicted molar refractivity (Wildman–Crippen MR) is 107 cm³/mol. The van der Waals surface area contributed by atoms with E-state index in [0.29, 0.717) is 0 Å². The van der Waals surface area contributed by atoms with Gasteiger partial charge in [0, 0.05) is 11.6 Å². The summed E-state index contributed by atoms with van der Waals surface area (Å²) in [5, 5.41) is 27.7. The summed E-state index contributed by atoms with van der Waals surface area (Å²) in [7, 11) is 0. The molecule has 1 N–H and O–H groups in total. The Morgan fingerprint density at radius 2 is 1.88 bits per heavy atom. The van der Waals surface area contributed by atoms with Gasteiger partial charge in [-0.05, 0) is 45.0 Å². The zero-order valence-electron chi connectivity index (χ0n) is 17.0. The van der Waals surface area contributed by atoms with E-state index in [-0.39, 0.29) is 28.5 Å². The number of hydrogen-bond acceptors (Lipinski definition) is 6. The van der Waals surface area contributed by atoms with Crippen molar-refractivity contribution >= 4 is 17.3 Å². The zero-order valence-corrected chi connectivity index (χ0v) is 17.0. The molecule has 0 saturated heterocycles. The highest BCUT2D eigenvalue weighted by molar-refractivity contribution is 5.76. The minimum Gasteiger partial charge on any atom is -0.324 e. The first-order valence-electron chi connectivity index (χ1n) is 9.12. The third-order valence-corrected chi connectivity index (χ3v) is 4.34. The smallest absolute Gasteiger partial charge is 0.324 e. The highest BCUT2D eigenvalue weighted by atomic mass is 19.4. The van der Waals surface area contributed by atoms with Crippen LogP contribution in [-0.4, -0.2) is 19.7 Å². The van der Waals surface area contributed by atoms with Crippen LogP contribution in [0, 0.1) is 27.3 Å². The van der Waals surface area contributed by atoms with Gasteiger partial charge in [-0.2, -0.15) is 27.9 Å². The number of pyridine rings is 1. The minimum atomic E-state index is -4.67. The molecule has 166 valence electrons. The summed E-state index contributed by atoms with van der Waals surface area (Å²) in [6.45, 7) is 5.23. The van der Waals surface area contributed by atoms with Crippen LogP contribution in [0.4, 0.5) is 34.9 Å². The number of anilines is 2. The van der Waals surface area contributed by atoms with E-state index in [4.69, 9.17) is 0 Å². The molecule has 2 aromatic heterocycles. The third kappa shape index (κ3) is 4.36. The molecule has 0 bridgehead atoms. The third-order valence-electron chi connectivity index (χ3n) is 4.34. The number of hydrogen-bond donors (Lipinski definition) is 1. The van der Waals surface area contributed by atoms with Gasteiger partial charge in [0.25, 0.3) is 0 Å². The molecule has 0 aliphatic carbocycles. The lowest BCUT2D eigenvalue weighted by Gasteiger charge is -2.22. The molecule has 0 radical (unpaired) electrons. The maximum Gasteiger partial charge on any atom is 0.433 e. The van der Waals surface area contributed by atoms with Crippen LogP contribution in [0.25, 0.3) is 11.3 Å². The summed E-state index contributed by atoms with van der Waals surface area (Å²) in [5.41, 5.74) is -2.60. The molecule has 3 aromatic rings. The first kappa shape index (κ1) is 22.7. The molecule has 2 heterocycles. The van der Waals surface area contributed by atoms with Gasteiger partial charge in [-0.3, -0.25) is 10.1 Å². The monoisotopic (exact) mass is 448 g/mol. The van der Waals surface area contributed by atoms with E-state index in [2.05, 4.69) is 15.4 Å². The van der Waals surface area contributed by atoms with Gasteiger partial charge in [0.05, 0.1) is 10.5 Å². The lowest BCUT2D eigenvalue weighted by atomic mass is 10.1. The summed E-state index contributed by atoms with van der Waals surface area (Å²) in [4.78, 5) is 13.5. The Hall–Kier alpha value is -4.01. The molecule has 0 amide bonds. The molecule has 32 heavy (non-hydrogen) atoms. The van der Waals surface area contributed by atoms with Crippen LogP contribution in [0.1, 0.15) is 32.0 Å². The number of alkyl halides is 3. The molecule has 0 atom stereocenters. The van der Waals surface area contributed by atoms with E-state index in [0.717, 1.165) is 24.3 Å². The minimum absolute atomic E-state index is 0.00528. The average molecular weight is 448 g/mol. The molecule has 0 unspecified atom stereocenters. The van der Waals surface area contributed by atoms with Crippen LogP contribution in [0.15, 0.2) is 36.4 Å². The van der Waals surface area contributed by atoms with E-state index >= 15 is 0 Å². The summed E-state index contributed by atoms with van der Waals surface area (Å²) in [5.74, 6) is -1.25. The Balaban J connectivity index is 2.17. The molecule has 8 nitrogen and oxygen atoms in total. The van der Waals surface area contributed by atoms with Gasteiger partial charge in [0.15, 0.2) is 0 Å². The first-order chi connectivity index (χ1) is 14.8. The van der Waals surface area contributed by atoms with Gasteiger partial charge in [0.2, 0.25) is 5.82 Å². The Morgan fingerprint density at radius 1 is 1.19 bits per heavy atom. The van der Waals surface area contributed by atoms with E-state index in [1.54, 1.807) is 20.8 Å². The van der Waals surface area contributed by atoms with Crippen LogP contribution >= 0.6 is 0 Å². The van der Waals surface area contributed by atoms with Gasteiger partial charge in [-0.25, -0.2) is 9.67 Å². The molecule has 0 fully saturated rings. The molecule has 0 saturated carbocycles. The lowest BCUT2D eigenvalue weighted by molar-refractivity contribution is -0.387. The van der Waals surface area contributed by atoms with Crippen LogP contribution < -0.4 is 5.32 Å². The Kier molecular flexibility index (Phi) is 5.61. The van der Waals surface area contributed by atoms with Gasteiger partial charge in [-0.1, -0.05) is 6.07 Å². The quantitative estimate of drug-likeness (QED) is 0.326. The van der Waals surface area contributed by atoms with Gasteiger partial charge >= 0.3 is 11.9 Å². The highest BCUT2D eigenvalue weighted by Gasteiger charge is 2.33. The van der Waals surface area contributed by atoms with Crippen molar-refractivity contribution in [3.05, 3.63) is 63.6 Å². The maximum atomic E-state index is 14.2. The lowest BCUT2D eigenvalue weighted by Crippen LogP contribution is -2.25. The molecule has 0 aliphatic rings. The van der Waals surface area contributed by atoms with E-state index in [9.17, 15) is 32.9 Å². The first-order valence-corrected chi connectivity index (χ1v) is 9.12. The van der Waals surface area contributed by atoms with Crippen molar-refractivity contribution in [3.8, 4) is 17.3 Å². The molecule has 0 aliphatic heterocycles. The summed E-state index contributed by atoms with van der Waals surface area (Å²) >= 11 is 0. The van der Waals surface area contributed by atoms with Crippen molar-refractivity contribution < 1.29 is 22.5 Å². The van der Waals surface area contributed by atoms with E-state index in [1.165, 1.54) is 16.8 Å². The normalized spacial score (nSPS) is 11.8. The molecule has 12 heteroatoms. The van der Waals surface area contributed by atoms with Crippen molar-refractivity contribution in [2.45, 2.75) is 32.5 Å². The zero-order chi connectivity index (χ0) is 23.8. The predicted octanol–water partition coefficient (Wildman–Crippen LogP) is 5.38. The second kappa shape index (κ2) is 7.92. The van der Waals surface area contributed by atoms with Gasteiger partial charge < -0.3 is 5.32 Å². The van der Waals surface area contributed by atoms with Crippen LogP contribution in [0.2, 0.25) is 0 Å². The number of nitro groups is 1. The Morgan fingerprint density at radius 3 is 2.41 bits per heavy atom. The molecular weight excluding hydrogens is 432 g/mol. The summed E-state index contributed by atoms with van der Waals surface area (Å²) < 4.78 is 54.6. The van der Waals surface area contributed by atoms with Gasteiger partial charge in [-0.15, -0.1) is 0 Å². The number of nitrogens with zero attached hydrogens (tertiary/aromatic N) is 5. The second-order valence-electron chi connectivity index (χ2n) is 7.72. The van der Waals surface area contributed by atoms with Crippen LogP contribution in [0.5, 0.6) is 0 Å². The molecule has 0 spiro atoms. The van der Waals surface area contributed by atoms with Crippen LogP contribution in [0.3, 0.4) is 0 Å². The maximum absolute atomic E-state index is 14.2. The van der Waals surface area contributed by atoms with E-state index in [1.807, 2.05) is 6.07 Å². The number of benzene rings is 1. The Bertz CT molecular complexity index is 1240. The van der Waals surface area contributed by atoms with Crippen molar-refractivity contribution in [2.24, 2.45) is 0 Å². The van der Waals surface area contributed by atoms with Crippen molar-refractivity contribution in [3.63, 3.8) is 0 Å². The molecule has 3 rings (SSSR count). The SMILES string of the molecule is CC(C)(C)n1nc(-c2ccc([N+](=O)[O-])c(F)c2)c(C#N)c1Nc1cccc(C(F)(F)F)n1. The largest absolute Gasteiger partial charge is 0.433 e. The molecular formula is C20H16F4N6O2. The number of aromatic nitrogens is 3. The fourth-order valence-electron chi connectivity index (χ4n) is 2.91. The topological polar surface area (TPSA) is 110 Å². The van der Waals surface area contributed by atoms with Crippen molar-refractivity contribution in [2.75, 3.05) is 5.32 Å². The van der Waals surface area contributed by atoms with Crippen molar-refractivity contribution in [1.82, 2.24) is 14.8 Å². The fraction of sp³-hybridized carbons (Fsp3) is 0.250. The van der Waals surface area contributed by atoms with Crippen LogP contribution in [-0.2, 0) is 11.7 Å². The fourth-order valence-corrected chi connectivity index (χ4v) is 2.91. The highest BCUT2D eigenvalue weighted by Crippen LogP contribution is 2.36. The molecule has 1 aromatic carbocycles. The number of nitro benzene ring substituents is 1.